The largest absolute Gasteiger partial charge is 0.358 e. The van der Waals surface area contributed by atoms with Crippen LogP contribution in [0.1, 0.15) is 21.6 Å². The fraction of sp³-hybridized carbons (Fsp3) is 0.111. The summed E-state index contributed by atoms with van der Waals surface area (Å²) in [6.07, 6.45) is 0. The average molecular weight is 425 g/mol. The molecule has 0 saturated carbocycles. The lowest BCUT2D eigenvalue weighted by atomic mass is 10.0. The zero-order valence-electron chi connectivity index (χ0n) is 14.3. The van der Waals surface area contributed by atoms with E-state index < -0.39 is 15.9 Å². The van der Waals surface area contributed by atoms with Crippen LogP contribution < -0.4 is 4.18 Å². The summed E-state index contributed by atoms with van der Waals surface area (Å²) in [5.41, 5.74) is 0.493. The topological polar surface area (TPSA) is 78.3 Å². The Morgan fingerprint density at radius 2 is 1.78 bits per heavy atom. The molecule has 0 radical (unpaired) electrons. The van der Waals surface area contributed by atoms with Crippen LogP contribution in [-0.4, -0.2) is 24.0 Å². The van der Waals surface area contributed by atoms with Crippen LogP contribution in [-0.2, 0) is 17.2 Å². The Bertz CT molecular complexity index is 1130. The van der Waals surface area contributed by atoms with Gasteiger partial charge in [0.15, 0.2) is 0 Å². The molecular weight excluding hydrogens is 411 g/mol. The Hall–Kier alpha value is -2.35. The minimum atomic E-state index is -4.14. The molecule has 0 aliphatic rings. The lowest BCUT2D eigenvalue weighted by molar-refractivity contribution is 0.103. The van der Waals surface area contributed by atoms with Gasteiger partial charge < -0.3 is 4.18 Å². The average Bonchev–Trinajstić information content (AvgIpc) is 2.88. The molecular formula is C18H14Cl2N2O4S. The lowest BCUT2D eigenvalue weighted by Gasteiger charge is -2.10. The second kappa shape index (κ2) is 7.34. The third-order valence-electron chi connectivity index (χ3n) is 3.79. The van der Waals surface area contributed by atoms with Gasteiger partial charge in [-0.25, -0.2) is 4.68 Å². The van der Waals surface area contributed by atoms with Crippen LogP contribution in [0.2, 0.25) is 10.0 Å². The number of halogens is 2. The van der Waals surface area contributed by atoms with Crippen molar-refractivity contribution in [1.29, 1.82) is 0 Å². The van der Waals surface area contributed by atoms with Crippen LogP contribution in [0, 0.1) is 6.92 Å². The van der Waals surface area contributed by atoms with Crippen molar-refractivity contribution in [3.05, 3.63) is 75.4 Å². The van der Waals surface area contributed by atoms with E-state index in [0.29, 0.717) is 10.7 Å². The van der Waals surface area contributed by atoms with Gasteiger partial charge in [0, 0.05) is 17.6 Å². The van der Waals surface area contributed by atoms with E-state index in [1.807, 2.05) is 0 Å². The van der Waals surface area contributed by atoms with Crippen molar-refractivity contribution in [3.8, 4) is 5.88 Å². The third-order valence-corrected chi connectivity index (χ3v) is 5.57. The molecule has 0 aliphatic carbocycles. The Labute approximate surface area is 166 Å². The Balaban J connectivity index is 2.07. The molecule has 0 atom stereocenters. The number of ketones is 1. The van der Waals surface area contributed by atoms with Crippen molar-refractivity contribution in [2.24, 2.45) is 7.05 Å². The monoisotopic (exact) mass is 424 g/mol. The van der Waals surface area contributed by atoms with Gasteiger partial charge in [-0.15, -0.1) is 0 Å². The van der Waals surface area contributed by atoms with Crippen molar-refractivity contribution < 1.29 is 17.4 Å². The first-order valence-electron chi connectivity index (χ1n) is 7.73. The van der Waals surface area contributed by atoms with E-state index in [1.165, 1.54) is 42.1 Å². The molecule has 1 heterocycles. The van der Waals surface area contributed by atoms with Gasteiger partial charge in [-0.1, -0.05) is 41.4 Å². The Kier molecular flexibility index (Phi) is 5.28. The van der Waals surface area contributed by atoms with E-state index in [0.717, 1.165) is 0 Å². The van der Waals surface area contributed by atoms with E-state index >= 15 is 0 Å². The van der Waals surface area contributed by atoms with Crippen molar-refractivity contribution in [2.75, 3.05) is 0 Å². The van der Waals surface area contributed by atoms with Gasteiger partial charge in [0.25, 0.3) is 0 Å². The van der Waals surface area contributed by atoms with E-state index in [4.69, 9.17) is 27.4 Å². The van der Waals surface area contributed by atoms with Crippen LogP contribution in [0.5, 0.6) is 5.88 Å². The summed E-state index contributed by atoms with van der Waals surface area (Å²) in [6.45, 7) is 1.58. The highest BCUT2D eigenvalue weighted by molar-refractivity contribution is 7.87. The van der Waals surface area contributed by atoms with E-state index in [-0.39, 0.29) is 26.9 Å². The Morgan fingerprint density at radius 1 is 1.11 bits per heavy atom. The van der Waals surface area contributed by atoms with Crippen molar-refractivity contribution >= 4 is 39.1 Å². The molecule has 0 bridgehead atoms. The summed E-state index contributed by atoms with van der Waals surface area (Å²) in [5.74, 6) is -0.701. The molecule has 6 nitrogen and oxygen atoms in total. The first-order valence-corrected chi connectivity index (χ1v) is 9.90. The molecule has 3 aromatic rings. The number of hydrogen-bond donors (Lipinski definition) is 0. The fourth-order valence-electron chi connectivity index (χ4n) is 2.54. The van der Waals surface area contributed by atoms with E-state index in [9.17, 15) is 13.2 Å². The molecule has 0 aliphatic heterocycles. The predicted octanol–water partition coefficient (Wildman–Crippen LogP) is 4.03. The summed E-state index contributed by atoms with van der Waals surface area (Å²) in [6, 6.07) is 12.1. The highest BCUT2D eigenvalue weighted by atomic mass is 35.5. The van der Waals surface area contributed by atoms with Gasteiger partial charge in [-0.2, -0.15) is 13.5 Å². The number of aryl methyl sites for hydroxylation is 2. The van der Waals surface area contributed by atoms with Crippen molar-refractivity contribution in [3.63, 3.8) is 0 Å². The summed E-state index contributed by atoms with van der Waals surface area (Å²) in [5, 5.41) is 4.64. The standard InChI is InChI=1S/C18H14Cl2N2O4S/c1-11-16(17(23)14-9-8-12(19)10-15(14)20)18(22(2)21-11)26-27(24,25)13-6-4-3-5-7-13/h3-10H,1-2H3. The molecule has 27 heavy (non-hydrogen) atoms. The summed E-state index contributed by atoms with van der Waals surface area (Å²) >= 11 is 12.0. The molecule has 0 N–H and O–H groups in total. The van der Waals surface area contributed by atoms with Crippen LogP contribution in [0.25, 0.3) is 0 Å². The first-order chi connectivity index (χ1) is 12.7. The quantitative estimate of drug-likeness (QED) is 0.456. The van der Waals surface area contributed by atoms with Gasteiger partial charge in [0.1, 0.15) is 10.5 Å². The molecule has 0 fully saturated rings. The molecule has 140 valence electrons. The van der Waals surface area contributed by atoms with Crippen molar-refractivity contribution in [2.45, 2.75) is 11.8 Å². The Morgan fingerprint density at radius 3 is 2.41 bits per heavy atom. The zero-order chi connectivity index (χ0) is 19.8. The number of hydrogen-bond acceptors (Lipinski definition) is 5. The molecule has 1 aromatic heterocycles. The van der Waals surface area contributed by atoms with Gasteiger partial charge in [0.2, 0.25) is 11.7 Å². The maximum Gasteiger partial charge on any atom is 0.340 e. The number of benzene rings is 2. The van der Waals surface area contributed by atoms with Crippen LogP contribution >= 0.6 is 23.2 Å². The number of carbonyl (C=O) groups is 1. The number of carbonyl (C=O) groups excluding carboxylic acids is 1. The van der Waals surface area contributed by atoms with Crippen LogP contribution in [0.3, 0.4) is 0 Å². The molecule has 0 amide bonds. The summed E-state index contributed by atoms with van der Waals surface area (Å²) < 4.78 is 31.6. The maximum atomic E-state index is 13.0. The smallest absolute Gasteiger partial charge is 0.340 e. The molecule has 0 spiro atoms. The van der Waals surface area contributed by atoms with Crippen molar-refractivity contribution in [1.82, 2.24) is 9.78 Å². The maximum absolute atomic E-state index is 13.0. The summed E-state index contributed by atoms with van der Waals surface area (Å²) in [7, 11) is -2.66. The lowest BCUT2D eigenvalue weighted by Crippen LogP contribution is -2.14. The van der Waals surface area contributed by atoms with Crippen LogP contribution in [0.4, 0.5) is 0 Å². The molecule has 2 aromatic carbocycles. The second-order valence-electron chi connectivity index (χ2n) is 5.69. The SMILES string of the molecule is Cc1nn(C)c(OS(=O)(=O)c2ccccc2)c1C(=O)c1ccc(Cl)cc1Cl. The van der Waals surface area contributed by atoms with Gasteiger partial charge in [-0.05, 0) is 37.3 Å². The normalized spacial score (nSPS) is 11.4. The van der Waals surface area contributed by atoms with Gasteiger partial charge in [0.05, 0.1) is 10.7 Å². The van der Waals surface area contributed by atoms with Gasteiger partial charge in [-0.3, -0.25) is 4.79 Å². The minimum Gasteiger partial charge on any atom is -0.358 e. The molecule has 3 rings (SSSR count). The second-order valence-corrected chi connectivity index (χ2v) is 8.08. The van der Waals surface area contributed by atoms with Crippen LogP contribution in [0.15, 0.2) is 53.4 Å². The highest BCUT2D eigenvalue weighted by Gasteiger charge is 2.28. The molecule has 0 unspecified atom stereocenters. The van der Waals surface area contributed by atoms with E-state index in [1.54, 1.807) is 25.1 Å². The van der Waals surface area contributed by atoms with Gasteiger partial charge >= 0.3 is 10.1 Å². The zero-order valence-corrected chi connectivity index (χ0v) is 16.6. The molecule has 0 saturated heterocycles. The number of aromatic nitrogens is 2. The first kappa shape index (κ1) is 19.4. The number of rotatable bonds is 5. The molecule has 9 heteroatoms. The van der Waals surface area contributed by atoms with E-state index in [2.05, 4.69) is 5.10 Å². The number of nitrogens with zero attached hydrogens (tertiary/aromatic N) is 2. The third kappa shape index (κ3) is 3.85. The predicted molar refractivity (Wildman–Crippen MR) is 102 cm³/mol. The fourth-order valence-corrected chi connectivity index (χ4v) is 4.02. The highest BCUT2D eigenvalue weighted by Crippen LogP contribution is 2.30. The minimum absolute atomic E-state index is 0.0150. The summed E-state index contributed by atoms with van der Waals surface area (Å²) in [4.78, 5) is 13.0.